The van der Waals surface area contributed by atoms with Gasteiger partial charge in [-0.1, -0.05) is 36.4 Å². The molecule has 7 heteroatoms. The summed E-state index contributed by atoms with van der Waals surface area (Å²) in [5, 5.41) is 5.62. The summed E-state index contributed by atoms with van der Waals surface area (Å²) in [6.07, 6.45) is 6.87. The monoisotopic (exact) mass is 410 g/mol. The number of rotatable bonds is 9. The maximum atomic E-state index is 12.1. The van der Waals surface area contributed by atoms with Gasteiger partial charge in [-0.05, 0) is 36.8 Å². The second-order valence-corrected chi connectivity index (χ2v) is 7.63. The van der Waals surface area contributed by atoms with E-state index in [1.54, 1.807) is 18.1 Å². The van der Waals surface area contributed by atoms with E-state index < -0.39 is 0 Å². The summed E-state index contributed by atoms with van der Waals surface area (Å²) in [6, 6.07) is 13.3. The Hall–Kier alpha value is -3.09. The van der Waals surface area contributed by atoms with Gasteiger partial charge in [0, 0.05) is 45.4 Å². The number of hydrogen-bond acceptors (Lipinski definition) is 4. The summed E-state index contributed by atoms with van der Waals surface area (Å²) in [4.78, 5) is 30.1. The molecule has 2 aromatic rings. The normalized spacial score (nSPS) is 13.6. The van der Waals surface area contributed by atoms with Crippen molar-refractivity contribution in [1.82, 2.24) is 20.5 Å². The van der Waals surface area contributed by atoms with E-state index in [-0.39, 0.29) is 31.0 Å². The van der Waals surface area contributed by atoms with E-state index in [2.05, 4.69) is 15.6 Å². The van der Waals surface area contributed by atoms with Crippen molar-refractivity contribution in [1.29, 1.82) is 0 Å². The van der Waals surface area contributed by atoms with Crippen LogP contribution in [-0.4, -0.2) is 41.5 Å². The Morgan fingerprint density at radius 1 is 1.07 bits per heavy atom. The first-order valence-electron chi connectivity index (χ1n) is 10.5. The van der Waals surface area contributed by atoms with Gasteiger partial charge in [0.15, 0.2) is 0 Å². The summed E-state index contributed by atoms with van der Waals surface area (Å²) in [7, 11) is 1.73. The molecule has 2 N–H and O–H groups in total. The van der Waals surface area contributed by atoms with Crippen LogP contribution < -0.4 is 15.4 Å². The highest BCUT2D eigenvalue weighted by molar-refractivity contribution is 5.78. The second kappa shape index (κ2) is 11.2. The van der Waals surface area contributed by atoms with Gasteiger partial charge >= 0.3 is 6.03 Å². The number of benzene rings is 1. The summed E-state index contributed by atoms with van der Waals surface area (Å²) in [6.45, 7) is 1.21. The number of nitrogens with zero attached hydrogens (tertiary/aromatic N) is 2. The molecule has 0 atom stereocenters. The lowest BCUT2D eigenvalue weighted by atomic mass is 10.2. The van der Waals surface area contributed by atoms with E-state index in [1.807, 2.05) is 42.5 Å². The topological polar surface area (TPSA) is 83.6 Å². The third-order valence-corrected chi connectivity index (χ3v) is 5.11. The number of carbonyl (C=O) groups excluding carboxylic acids is 2. The number of aromatic nitrogens is 1. The highest BCUT2D eigenvalue weighted by Gasteiger charge is 2.16. The third-order valence-electron chi connectivity index (χ3n) is 5.11. The van der Waals surface area contributed by atoms with Gasteiger partial charge in [-0.25, -0.2) is 9.78 Å². The molecule has 7 nitrogen and oxygen atoms in total. The molecule has 0 bridgehead atoms. The lowest BCUT2D eigenvalue weighted by Crippen LogP contribution is -2.38. The third kappa shape index (κ3) is 7.06. The number of ether oxygens (including phenoxy) is 1. The average molecular weight is 411 g/mol. The van der Waals surface area contributed by atoms with Crippen molar-refractivity contribution >= 4 is 11.9 Å². The van der Waals surface area contributed by atoms with Crippen molar-refractivity contribution in [2.75, 3.05) is 13.6 Å². The van der Waals surface area contributed by atoms with E-state index in [0.717, 1.165) is 24.0 Å². The molecule has 0 saturated heterocycles. The Morgan fingerprint density at radius 3 is 2.53 bits per heavy atom. The van der Waals surface area contributed by atoms with Gasteiger partial charge in [0.25, 0.3) is 0 Å². The van der Waals surface area contributed by atoms with E-state index >= 15 is 0 Å². The summed E-state index contributed by atoms with van der Waals surface area (Å²) < 4.78 is 5.85. The maximum absolute atomic E-state index is 12.1. The maximum Gasteiger partial charge on any atom is 0.317 e. The molecule has 1 heterocycles. The van der Waals surface area contributed by atoms with Gasteiger partial charge in [-0.3, -0.25) is 4.79 Å². The predicted molar refractivity (Wildman–Crippen MR) is 115 cm³/mol. The molecule has 1 fully saturated rings. The Morgan fingerprint density at radius 2 is 1.83 bits per heavy atom. The highest BCUT2D eigenvalue weighted by Crippen LogP contribution is 2.22. The fourth-order valence-corrected chi connectivity index (χ4v) is 3.40. The molecule has 0 spiro atoms. The molecule has 0 aliphatic heterocycles. The Balaban J connectivity index is 1.31. The van der Waals surface area contributed by atoms with E-state index in [0.29, 0.717) is 19.0 Å². The van der Waals surface area contributed by atoms with Crippen LogP contribution in [0.15, 0.2) is 48.7 Å². The van der Waals surface area contributed by atoms with Gasteiger partial charge < -0.3 is 20.3 Å². The van der Waals surface area contributed by atoms with Gasteiger partial charge in [0.1, 0.15) is 6.10 Å². The number of nitrogens with one attached hydrogen (secondary N) is 2. The molecule has 3 rings (SSSR count). The van der Waals surface area contributed by atoms with Crippen molar-refractivity contribution in [3.05, 3.63) is 59.8 Å². The van der Waals surface area contributed by atoms with Crippen molar-refractivity contribution in [3.63, 3.8) is 0 Å². The molecule has 1 aliphatic rings. The molecule has 1 aromatic heterocycles. The lowest BCUT2D eigenvalue weighted by molar-refractivity contribution is -0.121. The molecule has 1 aromatic carbocycles. The number of amides is 3. The standard InChI is InChI=1S/C23H30N4O3/c1-27(17-18-7-3-2-4-8-18)23(29)24-14-13-21(28)25-15-19-11-12-22(26-16-19)30-20-9-5-6-10-20/h2-4,7-8,11-12,16,20H,5-6,9-10,13-15,17H2,1H3,(H,24,29)(H,25,28). The molecule has 160 valence electrons. The van der Waals surface area contributed by atoms with Crippen LogP contribution in [0.5, 0.6) is 5.88 Å². The van der Waals surface area contributed by atoms with Crippen LogP contribution in [0.1, 0.15) is 43.2 Å². The minimum absolute atomic E-state index is 0.118. The Labute approximate surface area is 177 Å². The number of pyridine rings is 1. The fraction of sp³-hybridized carbons (Fsp3) is 0.435. The van der Waals surface area contributed by atoms with Crippen molar-refractivity contribution in [3.8, 4) is 5.88 Å². The van der Waals surface area contributed by atoms with Crippen LogP contribution in [0.3, 0.4) is 0 Å². The van der Waals surface area contributed by atoms with Gasteiger partial charge in [0.05, 0.1) is 0 Å². The largest absolute Gasteiger partial charge is 0.474 e. The van der Waals surface area contributed by atoms with Crippen LogP contribution in [0.2, 0.25) is 0 Å². The van der Waals surface area contributed by atoms with Crippen molar-refractivity contribution in [2.24, 2.45) is 0 Å². The predicted octanol–water partition coefficient (Wildman–Crippen LogP) is 3.25. The number of urea groups is 1. The first kappa shape index (κ1) is 21.6. The average Bonchev–Trinajstić information content (AvgIpc) is 3.27. The molecule has 0 radical (unpaired) electrons. The fourth-order valence-electron chi connectivity index (χ4n) is 3.40. The van der Waals surface area contributed by atoms with Gasteiger partial charge in [0.2, 0.25) is 11.8 Å². The summed E-state index contributed by atoms with van der Waals surface area (Å²) >= 11 is 0. The highest BCUT2D eigenvalue weighted by atomic mass is 16.5. The number of carbonyl (C=O) groups is 2. The zero-order valence-corrected chi connectivity index (χ0v) is 17.5. The molecule has 30 heavy (non-hydrogen) atoms. The van der Waals surface area contributed by atoms with Gasteiger partial charge in [-0.15, -0.1) is 0 Å². The summed E-state index contributed by atoms with van der Waals surface area (Å²) in [5.74, 6) is 0.520. The molecular formula is C23H30N4O3. The smallest absolute Gasteiger partial charge is 0.317 e. The lowest BCUT2D eigenvalue weighted by Gasteiger charge is -2.18. The van der Waals surface area contributed by atoms with Crippen LogP contribution in [0.25, 0.3) is 0 Å². The minimum Gasteiger partial charge on any atom is -0.474 e. The quantitative estimate of drug-likeness (QED) is 0.665. The SMILES string of the molecule is CN(Cc1ccccc1)C(=O)NCCC(=O)NCc1ccc(OC2CCCC2)nc1. The first-order valence-corrected chi connectivity index (χ1v) is 10.5. The molecule has 1 aliphatic carbocycles. The first-order chi connectivity index (χ1) is 14.6. The van der Waals surface area contributed by atoms with Gasteiger partial charge in [-0.2, -0.15) is 0 Å². The van der Waals surface area contributed by atoms with Crippen LogP contribution in [0, 0.1) is 0 Å². The van der Waals surface area contributed by atoms with E-state index in [4.69, 9.17) is 4.74 Å². The van der Waals surface area contributed by atoms with Crippen molar-refractivity contribution in [2.45, 2.75) is 51.3 Å². The van der Waals surface area contributed by atoms with E-state index in [9.17, 15) is 9.59 Å². The van der Waals surface area contributed by atoms with Crippen LogP contribution >= 0.6 is 0 Å². The summed E-state index contributed by atoms with van der Waals surface area (Å²) in [5.41, 5.74) is 1.97. The van der Waals surface area contributed by atoms with Crippen molar-refractivity contribution < 1.29 is 14.3 Å². The van der Waals surface area contributed by atoms with Crippen LogP contribution in [-0.2, 0) is 17.9 Å². The molecule has 0 unspecified atom stereocenters. The van der Waals surface area contributed by atoms with E-state index in [1.165, 1.54) is 12.8 Å². The Kier molecular flexibility index (Phi) is 8.06. The molecule has 1 saturated carbocycles. The molecular weight excluding hydrogens is 380 g/mol. The zero-order valence-electron chi connectivity index (χ0n) is 17.5. The zero-order chi connectivity index (χ0) is 21.2. The van der Waals surface area contributed by atoms with Crippen LogP contribution in [0.4, 0.5) is 4.79 Å². The minimum atomic E-state index is -0.200. The number of hydrogen-bond donors (Lipinski definition) is 2. The molecule has 3 amide bonds. The second-order valence-electron chi connectivity index (χ2n) is 7.63. The Bertz CT molecular complexity index is 805.